The molecule has 1 aromatic heterocycles. The molecular weight excluding hydrogens is 324 g/mol. The molecule has 1 N–H and O–H groups in total. The van der Waals surface area contributed by atoms with Crippen LogP contribution in [0.3, 0.4) is 0 Å². The number of aryl methyl sites for hydroxylation is 1. The first-order valence-corrected chi connectivity index (χ1v) is 9.94. The van der Waals surface area contributed by atoms with Crippen LogP contribution < -0.4 is 5.43 Å². The number of nitrogens with one attached hydrogen (secondary N) is 1. The minimum atomic E-state index is -0.0321. The Balaban J connectivity index is 1.79. The molecule has 2 amide bonds. The Hall–Kier alpha value is -2.01. The van der Waals surface area contributed by atoms with Crippen molar-refractivity contribution in [3.8, 4) is 0 Å². The third-order valence-corrected chi connectivity index (χ3v) is 6.31. The zero-order chi connectivity index (χ0) is 18.4. The van der Waals surface area contributed by atoms with Crippen LogP contribution in [-0.2, 0) is 6.42 Å². The molecule has 2 atom stereocenters. The highest BCUT2D eigenvalue weighted by atomic mass is 16.2. The maximum Gasteiger partial charge on any atom is 0.336 e. The van der Waals surface area contributed by atoms with Gasteiger partial charge in [-0.2, -0.15) is 0 Å². The second kappa shape index (κ2) is 6.62. The number of aromatic nitrogens is 1. The largest absolute Gasteiger partial charge is 0.336 e. The lowest BCUT2D eigenvalue weighted by molar-refractivity contribution is 0.157. The molecule has 2 aromatic rings. The van der Waals surface area contributed by atoms with Crippen LogP contribution in [0.1, 0.15) is 49.3 Å². The molecule has 1 aromatic carbocycles. The number of carbonyl (C=O) groups is 1. The molecule has 2 aliphatic rings. The van der Waals surface area contributed by atoms with Crippen molar-refractivity contribution in [3.05, 3.63) is 35.0 Å². The highest BCUT2D eigenvalue weighted by Gasteiger charge is 2.36. The van der Waals surface area contributed by atoms with E-state index in [4.69, 9.17) is 0 Å². The fourth-order valence-electron chi connectivity index (χ4n) is 4.96. The number of fused-ring (bicyclic) bond motifs is 2. The van der Waals surface area contributed by atoms with E-state index in [9.17, 15) is 4.79 Å². The van der Waals surface area contributed by atoms with Gasteiger partial charge in [-0.15, -0.1) is 0 Å². The number of nitrogens with zero attached hydrogens (tertiary/aromatic N) is 3. The van der Waals surface area contributed by atoms with E-state index in [0.29, 0.717) is 25.0 Å². The van der Waals surface area contributed by atoms with Crippen LogP contribution in [-0.4, -0.2) is 53.2 Å². The summed E-state index contributed by atoms with van der Waals surface area (Å²) in [5.41, 5.74) is 8.36. The third kappa shape index (κ3) is 2.69. The molecule has 2 heterocycles. The van der Waals surface area contributed by atoms with Gasteiger partial charge in [0.25, 0.3) is 0 Å². The van der Waals surface area contributed by atoms with Gasteiger partial charge in [-0.1, -0.05) is 6.07 Å². The fourth-order valence-corrected chi connectivity index (χ4v) is 4.96. The van der Waals surface area contributed by atoms with Gasteiger partial charge in [0.2, 0.25) is 0 Å². The van der Waals surface area contributed by atoms with E-state index >= 15 is 0 Å². The summed E-state index contributed by atoms with van der Waals surface area (Å²) in [5, 5.41) is 1.37. The van der Waals surface area contributed by atoms with Crippen molar-refractivity contribution < 1.29 is 4.79 Å². The Morgan fingerprint density at radius 2 is 2.08 bits per heavy atom. The number of amides is 2. The minimum absolute atomic E-state index is 0.0321. The molecule has 0 spiro atoms. The predicted octanol–water partition coefficient (Wildman–Crippen LogP) is 3.69. The average molecular weight is 354 g/mol. The van der Waals surface area contributed by atoms with Gasteiger partial charge in [0.15, 0.2) is 0 Å². The first kappa shape index (κ1) is 17.4. The first-order valence-electron chi connectivity index (χ1n) is 9.94. The summed E-state index contributed by atoms with van der Waals surface area (Å²) in [4.78, 5) is 16.9. The first-order chi connectivity index (χ1) is 12.5. The number of likely N-dealkylation sites (N-methyl/N-ethyl adjacent to an activating group) is 1. The molecule has 1 aliphatic heterocycles. The lowest BCUT2D eigenvalue weighted by Crippen LogP contribution is -2.44. The van der Waals surface area contributed by atoms with Crippen molar-refractivity contribution in [1.82, 2.24) is 14.5 Å². The number of likely N-dealkylation sites (tertiary alicyclic amines) is 1. The van der Waals surface area contributed by atoms with Gasteiger partial charge in [-0.3, -0.25) is 4.68 Å². The summed E-state index contributed by atoms with van der Waals surface area (Å²) in [6, 6.07) is 5.13. The second-order valence-corrected chi connectivity index (χ2v) is 7.86. The minimum Gasteiger partial charge on any atom is -0.324 e. The molecule has 1 saturated heterocycles. The van der Waals surface area contributed by atoms with E-state index in [2.05, 4.69) is 42.6 Å². The van der Waals surface area contributed by atoms with Crippen LogP contribution >= 0.6 is 0 Å². The second-order valence-electron chi connectivity index (χ2n) is 7.86. The maximum atomic E-state index is 12.6. The van der Waals surface area contributed by atoms with Crippen LogP contribution in [0.5, 0.6) is 0 Å². The van der Waals surface area contributed by atoms with E-state index in [1.165, 1.54) is 41.5 Å². The lowest BCUT2D eigenvalue weighted by atomic mass is 9.75. The van der Waals surface area contributed by atoms with E-state index in [1.807, 2.05) is 23.4 Å². The summed E-state index contributed by atoms with van der Waals surface area (Å²) >= 11 is 0. The van der Waals surface area contributed by atoms with Gasteiger partial charge in [-0.25, -0.2) is 10.2 Å². The van der Waals surface area contributed by atoms with Crippen molar-refractivity contribution >= 4 is 16.9 Å². The van der Waals surface area contributed by atoms with E-state index in [0.717, 1.165) is 11.9 Å². The topological polar surface area (TPSA) is 40.5 Å². The zero-order valence-corrected chi connectivity index (χ0v) is 16.4. The number of carbonyl (C=O) groups excluding carboxylic acids is 1. The van der Waals surface area contributed by atoms with Crippen LogP contribution in [0.15, 0.2) is 18.3 Å². The lowest BCUT2D eigenvalue weighted by Gasteiger charge is -2.42. The standard InChI is InChI=1S/C21H30N4O/c1-5-24(6-2)21(26)22-25-13-15-12-18-16(8-7-9-23(18)4)17-10-14(3)11-19(25)20(15)17/h10-11,13,16,18H,5-9,12H2,1-4H3,(H,22,26)/t16-,18-/m1/s1. The fraction of sp³-hybridized carbons (Fsp3) is 0.571. The number of hydrogen-bond donors (Lipinski definition) is 1. The van der Waals surface area contributed by atoms with Crippen LogP contribution in [0.4, 0.5) is 4.79 Å². The molecular formula is C21H30N4O. The summed E-state index contributed by atoms with van der Waals surface area (Å²) in [5.74, 6) is 0.609. The predicted molar refractivity (Wildman–Crippen MR) is 106 cm³/mol. The van der Waals surface area contributed by atoms with Crippen molar-refractivity contribution in [2.75, 3.05) is 32.1 Å². The van der Waals surface area contributed by atoms with Gasteiger partial charge in [0.1, 0.15) is 0 Å². The summed E-state index contributed by atoms with van der Waals surface area (Å²) < 4.78 is 1.96. The van der Waals surface area contributed by atoms with Gasteiger partial charge < -0.3 is 9.80 Å². The monoisotopic (exact) mass is 354 g/mol. The molecule has 5 nitrogen and oxygen atoms in total. The third-order valence-electron chi connectivity index (χ3n) is 6.31. The molecule has 0 radical (unpaired) electrons. The highest BCUT2D eigenvalue weighted by Crippen LogP contribution is 2.44. The summed E-state index contributed by atoms with van der Waals surface area (Å²) in [6.07, 6.45) is 5.75. The average Bonchev–Trinajstić information content (AvgIpc) is 2.95. The van der Waals surface area contributed by atoms with Crippen LogP contribution in [0.25, 0.3) is 10.9 Å². The highest BCUT2D eigenvalue weighted by molar-refractivity contribution is 5.92. The smallest absolute Gasteiger partial charge is 0.324 e. The maximum absolute atomic E-state index is 12.6. The summed E-state index contributed by atoms with van der Waals surface area (Å²) in [6.45, 7) is 8.81. The Bertz CT molecular complexity index is 836. The number of benzene rings is 1. The Labute approximate surface area is 155 Å². The zero-order valence-electron chi connectivity index (χ0n) is 16.4. The quantitative estimate of drug-likeness (QED) is 0.913. The normalized spacial score (nSPS) is 22.3. The van der Waals surface area contributed by atoms with Crippen molar-refractivity contribution in [3.63, 3.8) is 0 Å². The van der Waals surface area contributed by atoms with E-state index in [1.54, 1.807) is 0 Å². The number of piperidine rings is 1. The molecule has 26 heavy (non-hydrogen) atoms. The Morgan fingerprint density at radius 3 is 2.81 bits per heavy atom. The molecule has 0 bridgehead atoms. The number of rotatable bonds is 3. The molecule has 5 heteroatoms. The Kier molecular flexibility index (Phi) is 4.43. The molecule has 1 aliphatic carbocycles. The SMILES string of the molecule is CCN(CC)C(=O)Nn1cc2c3c(cc(C)cc31)[C@H]1CCCN(C)[C@@H]1C2. The number of hydrogen-bond acceptors (Lipinski definition) is 2. The van der Waals surface area contributed by atoms with E-state index in [-0.39, 0.29) is 6.03 Å². The van der Waals surface area contributed by atoms with E-state index < -0.39 is 0 Å². The molecule has 4 rings (SSSR count). The molecule has 0 unspecified atom stereocenters. The molecule has 140 valence electrons. The van der Waals surface area contributed by atoms with Crippen LogP contribution in [0.2, 0.25) is 0 Å². The van der Waals surface area contributed by atoms with Crippen molar-refractivity contribution in [2.45, 2.75) is 52.0 Å². The molecule has 0 saturated carbocycles. The Morgan fingerprint density at radius 1 is 1.31 bits per heavy atom. The van der Waals surface area contributed by atoms with Gasteiger partial charge >= 0.3 is 6.03 Å². The van der Waals surface area contributed by atoms with Gasteiger partial charge in [0.05, 0.1) is 5.52 Å². The number of urea groups is 1. The van der Waals surface area contributed by atoms with Gasteiger partial charge in [-0.05, 0) is 76.4 Å². The van der Waals surface area contributed by atoms with Crippen molar-refractivity contribution in [1.29, 1.82) is 0 Å². The van der Waals surface area contributed by atoms with Crippen LogP contribution in [0, 0.1) is 6.92 Å². The summed E-state index contributed by atoms with van der Waals surface area (Å²) in [7, 11) is 2.26. The van der Waals surface area contributed by atoms with Crippen molar-refractivity contribution in [2.24, 2.45) is 0 Å². The van der Waals surface area contributed by atoms with Gasteiger partial charge in [0, 0.05) is 36.6 Å². The molecule has 1 fully saturated rings.